The quantitative estimate of drug-likeness (QED) is 0.582. The summed E-state index contributed by atoms with van der Waals surface area (Å²) < 4.78 is 6.61. The van der Waals surface area contributed by atoms with Gasteiger partial charge in [-0.1, -0.05) is 46.3 Å². The summed E-state index contributed by atoms with van der Waals surface area (Å²) in [6.07, 6.45) is -0.392. The number of nitrogens with zero attached hydrogens (tertiary/aromatic N) is 2. The maximum Gasteiger partial charge on any atom is 0.409 e. The third-order valence-electron chi connectivity index (χ3n) is 4.77. The lowest BCUT2D eigenvalue weighted by Gasteiger charge is -2.32. The van der Waals surface area contributed by atoms with E-state index in [-0.39, 0.29) is 11.3 Å². The second-order valence-corrected chi connectivity index (χ2v) is 9.23. The van der Waals surface area contributed by atoms with Crippen LogP contribution in [0.4, 0.5) is 4.79 Å². The Hall–Kier alpha value is -2.01. The summed E-state index contributed by atoms with van der Waals surface area (Å²) in [4.78, 5) is 14.1. The van der Waals surface area contributed by atoms with Crippen LogP contribution in [-0.2, 0) is 4.74 Å². The van der Waals surface area contributed by atoms with Crippen molar-refractivity contribution in [1.82, 2.24) is 4.90 Å². The zero-order chi connectivity index (χ0) is 20.3. The number of ether oxygens (including phenoxy) is 1. The van der Waals surface area contributed by atoms with Crippen LogP contribution in [0.3, 0.4) is 0 Å². The molecule has 0 aromatic heterocycles. The monoisotopic (exact) mass is 460 g/mol. The van der Waals surface area contributed by atoms with Crippen LogP contribution in [-0.4, -0.2) is 34.5 Å². The van der Waals surface area contributed by atoms with Gasteiger partial charge in [-0.05, 0) is 44.0 Å². The van der Waals surface area contributed by atoms with Crippen LogP contribution in [0.25, 0.3) is 0 Å². The van der Waals surface area contributed by atoms with Crippen LogP contribution in [0.15, 0.2) is 57.9 Å². The molecule has 2 aromatic rings. The van der Waals surface area contributed by atoms with E-state index >= 15 is 0 Å². The molecule has 5 nitrogen and oxygen atoms in total. The first-order valence-electron chi connectivity index (χ1n) is 8.89. The standard InChI is InChI=1S/C21H21BrN2O3S/c1-21(2)24(20(25)26)17(13-27-21)11-19(14-6-4-3-5-7-14)28-18-9-8-16(22)10-15(18)12-23/h3-10,17,19H,11,13H2,1-2H3,(H,25,26)/t17-,19+/m0/s1. The molecule has 28 heavy (non-hydrogen) atoms. The van der Waals surface area contributed by atoms with Gasteiger partial charge in [-0.2, -0.15) is 5.26 Å². The van der Waals surface area contributed by atoms with Gasteiger partial charge in [0.25, 0.3) is 0 Å². The summed E-state index contributed by atoms with van der Waals surface area (Å²) in [7, 11) is 0. The fourth-order valence-corrected chi connectivity index (χ4v) is 5.11. The molecule has 1 N–H and O–H groups in total. The van der Waals surface area contributed by atoms with E-state index in [2.05, 4.69) is 22.0 Å². The topological polar surface area (TPSA) is 73.6 Å². The molecule has 3 rings (SSSR count). The molecule has 1 heterocycles. The Morgan fingerprint density at radius 3 is 2.75 bits per heavy atom. The van der Waals surface area contributed by atoms with E-state index in [0.29, 0.717) is 18.6 Å². The first kappa shape index (κ1) is 20.7. The fraction of sp³-hybridized carbons (Fsp3) is 0.333. The SMILES string of the molecule is CC1(C)OC[C@H](C[C@@H](Sc2ccc(Br)cc2C#N)c2ccccc2)N1C(=O)O. The summed E-state index contributed by atoms with van der Waals surface area (Å²) >= 11 is 4.99. The van der Waals surface area contributed by atoms with E-state index in [9.17, 15) is 15.2 Å². The molecule has 1 saturated heterocycles. The number of halogens is 1. The molecule has 0 saturated carbocycles. The molecule has 7 heteroatoms. The molecular weight excluding hydrogens is 440 g/mol. The average Bonchev–Trinajstić information content (AvgIpc) is 2.97. The first-order valence-corrected chi connectivity index (χ1v) is 10.6. The Kier molecular flexibility index (Phi) is 6.33. The molecule has 1 aliphatic heterocycles. The number of amides is 1. The van der Waals surface area contributed by atoms with E-state index in [0.717, 1.165) is 14.9 Å². The second-order valence-electron chi connectivity index (χ2n) is 7.07. The van der Waals surface area contributed by atoms with Crippen LogP contribution in [0.1, 0.15) is 36.6 Å². The summed E-state index contributed by atoms with van der Waals surface area (Å²) in [5.41, 5.74) is 0.838. The van der Waals surface area contributed by atoms with E-state index in [1.54, 1.807) is 31.7 Å². The predicted molar refractivity (Wildman–Crippen MR) is 112 cm³/mol. The molecule has 2 aromatic carbocycles. The number of hydrogen-bond acceptors (Lipinski definition) is 4. The van der Waals surface area contributed by atoms with Gasteiger partial charge in [0.05, 0.1) is 18.2 Å². The van der Waals surface area contributed by atoms with Gasteiger partial charge >= 0.3 is 6.09 Å². The highest BCUT2D eigenvalue weighted by Gasteiger charge is 2.44. The maximum absolute atomic E-state index is 11.8. The summed E-state index contributed by atoms with van der Waals surface area (Å²) in [6, 6.07) is 17.6. The Balaban J connectivity index is 1.91. The molecule has 0 bridgehead atoms. The average molecular weight is 461 g/mol. The third-order valence-corrected chi connectivity index (χ3v) is 6.62. The van der Waals surface area contributed by atoms with Crippen LogP contribution in [0.2, 0.25) is 0 Å². The van der Waals surface area contributed by atoms with Crippen molar-refractivity contribution in [2.45, 2.75) is 42.2 Å². The largest absolute Gasteiger partial charge is 0.465 e. The van der Waals surface area contributed by atoms with Crippen LogP contribution in [0, 0.1) is 11.3 Å². The lowest BCUT2D eigenvalue weighted by atomic mass is 10.0. The lowest BCUT2D eigenvalue weighted by molar-refractivity contribution is -0.0421. The predicted octanol–water partition coefficient (Wildman–Crippen LogP) is 5.66. The van der Waals surface area contributed by atoms with Gasteiger partial charge < -0.3 is 9.84 Å². The van der Waals surface area contributed by atoms with E-state index < -0.39 is 11.8 Å². The molecule has 1 amide bonds. The van der Waals surface area contributed by atoms with Crippen molar-refractivity contribution in [3.63, 3.8) is 0 Å². The molecule has 2 atom stereocenters. The maximum atomic E-state index is 11.8. The number of hydrogen-bond donors (Lipinski definition) is 1. The van der Waals surface area contributed by atoms with Gasteiger partial charge in [-0.3, -0.25) is 4.90 Å². The van der Waals surface area contributed by atoms with Crippen molar-refractivity contribution in [3.05, 3.63) is 64.1 Å². The van der Waals surface area contributed by atoms with Crippen molar-refractivity contribution < 1.29 is 14.6 Å². The van der Waals surface area contributed by atoms with Gasteiger partial charge in [-0.15, -0.1) is 11.8 Å². The Bertz CT molecular complexity index is 898. The number of benzene rings is 2. The minimum absolute atomic E-state index is 0.0150. The summed E-state index contributed by atoms with van der Waals surface area (Å²) in [5.74, 6) is 0. The Morgan fingerprint density at radius 2 is 2.11 bits per heavy atom. The number of carbonyl (C=O) groups is 1. The Labute approximate surface area is 177 Å². The van der Waals surface area contributed by atoms with Gasteiger partial charge in [0, 0.05) is 14.6 Å². The molecule has 1 fully saturated rings. The van der Waals surface area contributed by atoms with E-state index in [4.69, 9.17) is 4.74 Å². The smallest absolute Gasteiger partial charge is 0.409 e. The molecule has 0 unspecified atom stereocenters. The van der Waals surface area contributed by atoms with Crippen molar-refractivity contribution in [3.8, 4) is 6.07 Å². The first-order chi connectivity index (χ1) is 13.3. The Morgan fingerprint density at radius 1 is 1.39 bits per heavy atom. The van der Waals surface area contributed by atoms with E-state index in [1.807, 2.05) is 42.5 Å². The zero-order valence-electron chi connectivity index (χ0n) is 15.6. The van der Waals surface area contributed by atoms with Crippen molar-refractivity contribution in [2.75, 3.05) is 6.61 Å². The van der Waals surface area contributed by atoms with Crippen LogP contribution < -0.4 is 0 Å². The highest BCUT2D eigenvalue weighted by Crippen LogP contribution is 2.43. The number of rotatable bonds is 5. The number of carboxylic acid groups (broad SMARTS) is 1. The van der Waals surface area contributed by atoms with Crippen LogP contribution in [0.5, 0.6) is 0 Å². The lowest BCUT2D eigenvalue weighted by Crippen LogP contribution is -2.47. The van der Waals surface area contributed by atoms with Crippen molar-refractivity contribution in [2.24, 2.45) is 0 Å². The molecule has 0 radical (unpaired) electrons. The van der Waals surface area contributed by atoms with E-state index in [1.165, 1.54) is 4.90 Å². The minimum Gasteiger partial charge on any atom is -0.465 e. The minimum atomic E-state index is -0.981. The second kappa shape index (κ2) is 8.56. The van der Waals surface area contributed by atoms with Gasteiger partial charge in [0.15, 0.2) is 0 Å². The van der Waals surface area contributed by atoms with Gasteiger partial charge in [0.1, 0.15) is 11.8 Å². The molecule has 0 aliphatic carbocycles. The zero-order valence-corrected chi connectivity index (χ0v) is 18.0. The summed E-state index contributed by atoms with van der Waals surface area (Å²) in [6.45, 7) is 3.90. The fourth-order valence-electron chi connectivity index (χ4n) is 3.46. The third kappa shape index (κ3) is 4.52. The normalized spacial score (nSPS) is 19.2. The number of nitriles is 1. The van der Waals surface area contributed by atoms with Gasteiger partial charge in [0.2, 0.25) is 0 Å². The highest BCUT2D eigenvalue weighted by atomic mass is 79.9. The number of thioether (sulfide) groups is 1. The van der Waals surface area contributed by atoms with Crippen molar-refractivity contribution >= 4 is 33.8 Å². The molecule has 146 valence electrons. The van der Waals surface area contributed by atoms with Crippen molar-refractivity contribution in [1.29, 1.82) is 5.26 Å². The highest BCUT2D eigenvalue weighted by molar-refractivity contribution is 9.10. The van der Waals surface area contributed by atoms with Crippen LogP contribution >= 0.6 is 27.7 Å². The molecular formula is C21H21BrN2O3S. The molecule has 1 aliphatic rings. The summed E-state index contributed by atoms with van der Waals surface area (Å²) in [5, 5.41) is 19.2. The van der Waals surface area contributed by atoms with Gasteiger partial charge in [-0.25, -0.2) is 4.79 Å². The molecule has 0 spiro atoms.